The number of methoxy groups -OCH3 is 1. The minimum Gasteiger partial charge on any atom is -0.493 e. The number of nitrogens with one attached hydrogen (secondary N) is 1. The Morgan fingerprint density at radius 1 is 1.00 bits per heavy atom. The predicted octanol–water partition coefficient (Wildman–Crippen LogP) is 5.13. The standard InChI is InChI=1S/C26H27ClN2O6S/c1-17(2)29(26(31)22-7-5-6-8-23(22)27)16-19-9-14-24(34-4)25(15-19)35-36(32,33)21-12-10-20(11-13-21)28-18(3)30/h5-15,17H,16H2,1-4H3,(H,28,30). The molecular weight excluding hydrogens is 504 g/mol. The Hall–Kier alpha value is -3.56. The van der Waals surface area contributed by atoms with Crippen LogP contribution >= 0.6 is 11.6 Å². The number of hydrogen-bond acceptors (Lipinski definition) is 6. The summed E-state index contributed by atoms with van der Waals surface area (Å²) in [7, 11) is -2.81. The van der Waals surface area contributed by atoms with Crippen LogP contribution in [0.3, 0.4) is 0 Å². The first-order valence-corrected chi connectivity index (χ1v) is 12.8. The van der Waals surface area contributed by atoms with Crippen molar-refractivity contribution in [1.82, 2.24) is 4.90 Å². The van der Waals surface area contributed by atoms with Crippen LogP contribution in [-0.4, -0.2) is 38.3 Å². The molecule has 0 aliphatic rings. The van der Waals surface area contributed by atoms with E-state index in [0.29, 0.717) is 21.8 Å². The molecule has 0 heterocycles. The largest absolute Gasteiger partial charge is 0.493 e. The molecule has 3 rings (SSSR count). The highest BCUT2D eigenvalue weighted by Gasteiger charge is 2.23. The Bertz CT molecular complexity index is 1360. The summed E-state index contributed by atoms with van der Waals surface area (Å²) in [5.41, 5.74) is 1.47. The van der Waals surface area contributed by atoms with Gasteiger partial charge in [-0.05, 0) is 67.9 Å². The highest BCUT2D eigenvalue weighted by atomic mass is 35.5. The van der Waals surface area contributed by atoms with E-state index in [0.717, 1.165) is 0 Å². The van der Waals surface area contributed by atoms with Crippen molar-refractivity contribution in [3.8, 4) is 11.5 Å². The first-order chi connectivity index (χ1) is 17.0. The van der Waals surface area contributed by atoms with Gasteiger partial charge >= 0.3 is 10.1 Å². The molecule has 0 atom stereocenters. The van der Waals surface area contributed by atoms with Crippen molar-refractivity contribution in [3.05, 3.63) is 82.9 Å². The molecule has 0 saturated heterocycles. The lowest BCUT2D eigenvalue weighted by molar-refractivity contribution is -0.114. The smallest absolute Gasteiger partial charge is 0.339 e. The molecule has 0 radical (unpaired) electrons. The summed E-state index contributed by atoms with van der Waals surface area (Å²) in [5, 5.41) is 2.92. The number of anilines is 1. The summed E-state index contributed by atoms with van der Waals surface area (Å²) >= 11 is 6.23. The summed E-state index contributed by atoms with van der Waals surface area (Å²) in [6.07, 6.45) is 0. The minimum atomic E-state index is -4.21. The molecule has 0 saturated carbocycles. The van der Waals surface area contributed by atoms with Crippen molar-refractivity contribution in [3.63, 3.8) is 0 Å². The van der Waals surface area contributed by atoms with E-state index in [1.165, 1.54) is 44.4 Å². The van der Waals surface area contributed by atoms with E-state index in [-0.39, 0.29) is 40.8 Å². The van der Waals surface area contributed by atoms with Crippen LogP contribution < -0.4 is 14.2 Å². The average Bonchev–Trinajstić information content (AvgIpc) is 2.82. The third kappa shape index (κ3) is 6.56. The molecular formula is C26H27ClN2O6S. The number of benzene rings is 3. The zero-order valence-electron chi connectivity index (χ0n) is 20.3. The topological polar surface area (TPSA) is 102 Å². The van der Waals surface area contributed by atoms with Gasteiger partial charge in [0, 0.05) is 25.2 Å². The Morgan fingerprint density at radius 3 is 2.25 bits per heavy atom. The molecule has 1 N–H and O–H groups in total. The molecule has 2 amide bonds. The molecule has 0 aromatic heterocycles. The number of nitrogens with zero attached hydrogens (tertiary/aromatic N) is 1. The highest BCUT2D eigenvalue weighted by molar-refractivity contribution is 7.87. The Morgan fingerprint density at radius 2 is 1.67 bits per heavy atom. The molecule has 3 aromatic carbocycles. The van der Waals surface area contributed by atoms with Crippen LogP contribution in [0, 0.1) is 0 Å². The van der Waals surface area contributed by atoms with Gasteiger partial charge in [0.1, 0.15) is 4.90 Å². The minimum absolute atomic E-state index is 0.0187. The van der Waals surface area contributed by atoms with Gasteiger partial charge in [0.25, 0.3) is 5.91 Å². The molecule has 10 heteroatoms. The monoisotopic (exact) mass is 530 g/mol. The molecule has 3 aromatic rings. The van der Waals surface area contributed by atoms with E-state index >= 15 is 0 Å². The maximum absolute atomic E-state index is 13.2. The molecule has 0 aliphatic carbocycles. The molecule has 0 spiro atoms. The van der Waals surface area contributed by atoms with Gasteiger partial charge in [0.05, 0.1) is 17.7 Å². The second-order valence-electron chi connectivity index (χ2n) is 8.23. The fraction of sp³-hybridized carbons (Fsp3) is 0.231. The highest BCUT2D eigenvalue weighted by Crippen LogP contribution is 2.32. The van der Waals surface area contributed by atoms with Crippen LogP contribution in [0.2, 0.25) is 5.02 Å². The van der Waals surface area contributed by atoms with Crippen molar-refractivity contribution in [2.75, 3.05) is 12.4 Å². The van der Waals surface area contributed by atoms with Crippen LogP contribution in [-0.2, 0) is 21.5 Å². The van der Waals surface area contributed by atoms with Gasteiger partial charge in [-0.15, -0.1) is 0 Å². The van der Waals surface area contributed by atoms with Gasteiger partial charge in [-0.1, -0.05) is 29.8 Å². The fourth-order valence-electron chi connectivity index (χ4n) is 3.43. The molecule has 8 nitrogen and oxygen atoms in total. The lowest BCUT2D eigenvalue weighted by Gasteiger charge is -2.27. The summed E-state index contributed by atoms with van der Waals surface area (Å²) in [4.78, 5) is 25.9. The zero-order chi connectivity index (χ0) is 26.5. The number of carbonyl (C=O) groups is 2. The normalized spacial score (nSPS) is 11.2. The quantitative estimate of drug-likeness (QED) is 0.385. The van der Waals surface area contributed by atoms with E-state index in [1.54, 1.807) is 41.3 Å². The lowest BCUT2D eigenvalue weighted by atomic mass is 10.1. The number of carbonyl (C=O) groups excluding carboxylic acids is 2. The van der Waals surface area contributed by atoms with Gasteiger partial charge in [-0.3, -0.25) is 9.59 Å². The average molecular weight is 531 g/mol. The molecule has 0 aliphatic heterocycles. The van der Waals surface area contributed by atoms with Crippen LogP contribution in [0.5, 0.6) is 11.5 Å². The maximum Gasteiger partial charge on any atom is 0.339 e. The van der Waals surface area contributed by atoms with Crippen molar-refractivity contribution < 1.29 is 26.9 Å². The Balaban J connectivity index is 1.88. The van der Waals surface area contributed by atoms with Crippen LogP contribution in [0.15, 0.2) is 71.6 Å². The van der Waals surface area contributed by atoms with E-state index in [4.69, 9.17) is 20.5 Å². The second kappa shape index (κ2) is 11.5. The summed E-state index contributed by atoms with van der Waals surface area (Å²) in [5.74, 6) is -0.326. The van der Waals surface area contributed by atoms with Crippen molar-refractivity contribution in [2.24, 2.45) is 0 Å². The SMILES string of the molecule is COc1ccc(CN(C(=O)c2ccccc2Cl)C(C)C)cc1OS(=O)(=O)c1ccc(NC(C)=O)cc1. The van der Waals surface area contributed by atoms with E-state index in [2.05, 4.69) is 5.32 Å². The fourth-order valence-corrected chi connectivity index (χ4v) is 4.58. The van der Waals surface area contributed by atoms with E-state index in [1.807, 2.05) is 13.8 Å². The van der Waals surface area contributed by atoms with Gasteiger partial charge in [0.2, 0.25) is 5.91 Å². The summed E-state index contributed by atoms with van der Waals surface area (Å²) in [6, 6.07) is 17.1. The number of hydrogen-bond donors (Lipinski definition) is 1. The van der Waals surface area contributed by atoms with Gasteiger partial charge in [0.15, 0.2) is 11.5 Å². The van der Waals surface area contributed by atoms with Gasteiger partial charge < -0.3 is 19.1 Å². The molecule has 0 fully saturated rings. The lowest BCUT2D eigenvalue weighted by Crippen LogP contribution is -2.36. The second-order valence-corrected chi connectivity index (χ2v) is 10.2. The summed E-state index contributed by atoms with van der Waals surface area (Å²) in [6.45, 7) is 5.30. The molecule has 0 bridgehead atoms. The van der Waals surface area contributed by atoms with E-state index < -0.39 is 10.1 Å². The predicted molar refractivity (Wildman–Crippen MR) is 138 cm³/mol. The molecule has 36 heavy (non-hydrogen) atoms. The Labute approximate surface area is 215 Å². The van der Waals surface area contributed by atoms with Crippen molar-refractivity contribution in [2.45, 2.75) is 38.3 Å². The maximum atomic E-state index is 13.2. The van der Waals surface area contributed by atoms with E-state index in [9.17, 15) is 18.0 Å². The number of rotatable bonds is 9. The number of halogens is 1. The van der Waals surface area contributed by atoms with Crippen molar-refractivity contribution in [1.29, 1.82) is 0 Å². The van der Waals surface area contributed by atoms with Gasteiger partial charge in [-0.25, -0.2) is 0 Å². The van der Waals surface area contributed by atoms with Crippen LogP contribution in [0.4, 0.5) is 5.69 Å². The number of ether oxygens (including phenoxy) is 1. The molecule has 0 unspecified atom stereocenters. The molecule has 190 valence electrons. The third-order valence-corrected chi connectivity index (χ3v) is 6.81. The van der Waals surface area contributed by atoms with Crippen molar-refractivity contribution >= 4 is 39.2 Å². The summed E-state index contributed by atoms with van der Waals surface area (Å²) < 4.78 is 36.6. The Kier molecular flexibility index (Phi) is 8.60. The third-order valence-electron chi connectivity index (χ3n) is 5.23. The first kappa shape index (κ1) is 27.0. The van der Waals surface area contributed by atoms with Crippen LogP contribution in [0.1, 0.15) is 36.7 Å². The zero-order valence-corrected chi connectivity index (χ0v) is 21.9. The van der Waals surface area contributed by atoms with Gasteiger partial charge in [-0.2, -0.15) is 8.42 Å². The number of amides is 2. The first-order valence-electron chi connectivity index (χ1n) is 11.1. The van der Waals surface area contributed by atoms with Crippen LogP contribution in [0.25, 0.3) is 0 Å².